The number of hydrogen-bond acceptors (Lipinski definition) is 2. The molecule has 1 aliphatic rings. The zero-order chi connectivity index (χ0) is 14.3. The van der Waals surface area contributed by atoms with E-state index in [-0.39, 0.29) is 18.4 Å². The molecule has 1 aromatic carbocycles. The van der Waals surface area contributed by atoms with Crippen LogP contribution in [0.25, 0.3) is 10.9 Å². The average Bonchev–Trinajstić information content (AvgIpc) is 3.01. The number of H-pyrrole nitrogens is 1. The van der Waals surface area contributed by atoms with Crippen LogP contribution in [0.5, 0.6) is 0 Å². The topological polar surface area (TPSA) is 73.4 Å². The van der Waals surface area contributed by atoms with Crippen molar-refractivity contribution in [1.29, 1.82) is 0 Å². The number of benzene rings is 1. The molecule has 1 saturated heterocycles. The summed E-state index contributed by atoms with van der Waals surface area (Å²) in [6.07, 6.45) is 0. The van der Waals surface area contributed by atoms with Crippen molar-refractivity contribution in [2.45, 2.75) is 6.92 Å². The fourth-order valence-electron chi connectivity index (χ4n) is 2.81. The van der Waals surface area contributed by atoms with Crippen LogP contribution in [0.3, 0.4) is 0 Å². The summed E-state index contributed by atoms with van der Waals surface area (Å²) in [5, 5.41) is 10.1. The predicted molar refractivity (Wildman–Crippen MR) is 74.5 cm³/mol. The summed E-state index contributed by atoms with van der Waals surface area (Å²) in [6, 6.07) is 9.50. The lowest BCUT2D eigenvalue weighted by Gasteiger charge is -2.14. The zero-order valence-electron chi connectivity index (χ0n) is 11.2. The molecule has 1 aromatic heterocycles. The first kappa shape index (κ1) is 12.7. The van der Waals surface area contributed by atoms with Crippen molar-refractivity contribution in [1.82, 2.24) is 9.88 Å². The fraction of sp³-hybridized carbons (Fsp3) is 0.333. The highest BCUT2D eigenvalue weighted by molar-refractivity contribution is 5.98. The molecule has 0 unspecified atom stereocenters. The highest BCUT2D eigenvalue weighted by atomic mass is 16.4. The number of aromatic nitrogens is 1. The molecule has 1 fully saturated rings. The number of nitrogens with one attached hydrogen (secondary N) is 1. The number of hydrogen-bond donors (Lipinski definition) is 2. The Bertz CT molecular complexity index is 644. The number of carbonyl (C=O) groups excluding carboxylic acids is 1. The Morgan fingerprint density at radius 3 is 2.70 bits per heavy atom. The average molecular weight is 272 g/mol. The van der Waals surface area contributed by atoms with Gasteiger partial charge in [0.05, 0.1) is 5.92 Å². The number of likely N-dealkylation sites (tertiary alicyclic amines) is 1. The van der Waals surface area contributed by atoms with E-state index in [1.165, 1.54) is 0 Å². The van der Waals surface area contributed by atoms with Crippen LogP contribution in [0, 0.1) is 11.8 Å². The van der Waals surface area contributed by atoms with Gasteiger partial charge >= 0.3 is 5.97 Å². The first-order valence-electron chi connectivity index (χ1n) is 6.66. The summed E-state index contributed by atoms with van der Waals surface area (Å²) >= 11 is 0. The van der Waals surface area contributed by atoms with E-state index in [0.717, 1.165) is 10.9 Å². The summed E-state index contributed by atoms with van der Waals surface area (Å²) in [5.74, 6) is -1.44. The van der Waals surface area contributed by atoms with Gasteiger partial charge in [0.2, 0.25) is 0 Å². The smallest absolute Gasteiger partial charge is 0.308 e. The Morgan fingerprint density at radius 2 is 2.05 bits per heavy atom. The largest absolute Gasteiger partial charge is 0.481 e. The van der Waals surface area contributed by atoms with Gasteiger partial charge in [-0.1, -0.05) is 25.1 Å². The van der Waals surface area contributed by atoms with Crippen molar-refractivity contribution in [3.63, 3.8) is 0 Å². The standard InChI is InChI=1S/C15H16N2O3/c1-9-7-17(8-11(9)15(19)20)14(18)13-6-10-4-2-3-5-12(10)16-13/h2-6,9,11,16H,7-8H2,1H3,(H,19,20)/t9-,11-/m1/s1. The molecule has 0 spiro atoms. The van der Waals surface area contributed by atoms with Crippen LogP contribution in [-0.2, 0) is 4.79 Å². The molecule has 20 heavy (non-hydrogen) atoms. The van der Waals surface area contributed by atoms with Crippen LogP contribution in [-0.4, -0.2) is 40.0 Å². The number of para-hydroxylation sites is 1. The quantitative estimate of drug-likeness (QED) is 0.877. The monoisotopic (exact) mass is 272 g/mol. The normalized spacial score (nSPS) is 22.4. The third-order valence-electron chi connectivity index (χ3n) is 3.98. The molecule has 5 nitrogen and oxygen atoms in total. The maximum absolute atomic E-state index is 12.4. The van der Waals surface area contributed by atoms with Gasteiger partial charge in [0.1, 0.15) is 5.69 Å². The van der Waals surface area contributed by atoms with Gasteiger partial charge in [0.15, 0.2) is 0 Å². The summed E-state index contributed by atoms with van der Waals surface area (Å²) in [4.78, 5) is 28.3. The van der Waals surface area contributed by atoms with Gasteiger partial charge in [-0.15, -0.1) is 0 Å². The van der Waals surface area contributed by atoms with Crippen LogP contribution in [0.1, 0.15) is 17.4 Å². The maximum atomic E-state index is 12.4. The summed E-state index contributed by atoms with van der Waals surface area (Å²) in [6.45, 7) is 2.65. The number of carbonyl (C=O) groups is 2. The lowest BCUT2D eigenvalue weighted by Crippen LogP contribution is -2.30. The summed E-state index contributed by atoms with van der Waals surface area (Å²) in [5.41, 5.74) is 1.43. The number of amides is 1. The number of rotatable bonds is 2. The van der Waals surface area contributed by atoms with Gasteiger partial charge in [-0.3, -0.25) is 9.59 Å². The minimum atomic E-state index is -0.829. The van der Waals surface area contributed by atoms with Gasteiger partial charge in [-0.2, -0.15) is 0 Å². The van der Waals surface area contributed by atoms with Gasteiger partial charge in [-0.05, 0) is 18.1 Å². The van der Waals surface area contributed by atoms with Crippen LogP contribution in [0.15, 0.2) is 30.3 Å². The molecule has 2 N–H and O–H groups in total. The van der Waals surface area contributed by atoms with Crippen molar-refractivity contribution in [2.75, 3.05) is 13.1 Å². The SMILES string of the molecule is C[C@@H]1CN(C(=O)c2cc3ccccc3[nH]2)C[C@H]1C(=O)O. The van der Waals surface area contributed by atoms with Crippen molar-refractivity contribution in [2.24, 2.45) is 11.8 Å². The molecule has 2 aromatic rings. The number of fused-ring (bicyclic) bond motifs is 1. The van der Waals surface area contributed by atoms with E-state index in [1.54, 1.807) is 4.90 Å². The zero-order valence-corrected chi connectivity index (χ0v) is 11.2. The minimum Gasteiger partial charge on any atom is -0.481 e. The van der Waals surface area contributed by atoms with E-state index in [9.17, 15) is 9.59 Å². The van der Waals surface area contributed by atoms with E-state index in [0.29, 0.717) is 12.2 Å². The van der Waals surface area contributed by atoms with Crippen LogP contribution in [0.2, 0.25) is 0 Å². The first-order chi connectivity index (χ1) is 9.56. The van der Waals surface area contributed by atoms with E-state index in [1.807, 2.05) is 37.3 Å². The second-order valence-corrected chi connectivity index (χ2v) is 5.40. The van der Waals surface area contributed by atoms with Gasteiger partial charge in [-0.25, -0.2) is 0 Å². The number of nitrogens with zero attached hydrogens (tertiary/aromatic N) is 1. The second kappa shape index (κ2) is 4.67. The molecule has 1 amide bonds. The minimum absolute atomic E-state index is 0.0131. The molecule has 1 aliphatic heterocycles. The first-order valence-corrected chi connectivity index (χ1v) is 6.66. The molecule has 104 valence electrons. The molecule has 0 aliphatic carbocycles. The molecule has 0 saturated carbocycles. The summed E-state index contributed by atoms with van der Waals surface area (Å²) < 4.78 is 0. The van der Waals surface area contributed by atoms with Crippen molar-refractivity contribution < 1.29 is 14.7 Å². The maximum Gasteiger partial charge on any atom is 0.308 e. The highest BCUT2D eigenvalue weighted by Crippen LogP contribution is 2.25. The fourth-order valence-corrected chi connectivity index (χ4v) is 2.81. The number of aromatic amines is 1. The summed E-state index contributed by atoms with van der Waals surface area (Å²) in [7, 11) is 0. The van der Waals surface area contributed by atoms with Crippen LogP contribution in [0.4, 0.5) is 0 Å². The van der Waals surface area contributed by atoms with Crippen molar-refractivity contribution in [3.8, 4) is 0 Å². The van der Waals surface area contributed by atoms with Crippen molar-refractivity contribution >= 4 is 22.8 Å². The van der Waals surface area contributed by atoms with Gasteiger partial charge in [0.25, 0.3) is 5.91 Å². The Hall–Kier alpha value is -2.30. The lowest BCUT2D eigenvalue weighted by molar-refractivity contribution is -0.142. The van der Waals surface area contributed by atoms with Crippen LogP contribution < -0.4 is 0 Å². The Labute approximate surface area is 116 Å². The number of aliphatic carboxylic acids is 1. The Morgan fingerprint density at radius 1 is 1.30 bits per heavy atom. The molecule has 2 atom stereocenters. The third kappa shape index (κ3) is 2.05. The molecular formula is C15H16N2O3. The number of carboxylic acid groups (broad SMARTS) is 1. The van der Waals surface area contributed by atoms with E-state index >= 15 is 0 Å². The molecule has 0 bridgehead atoms. The van der Waals surface area contributed by atoms with Crippen molar-refractivity contribution in [3.05, 3.63) is 36.0 Å². The molecule has 2 heterocycles. The molecule has 3 rings (SSSR count). The number of carboxylic acids is 1. The van der Waals surface area contributed by atoms with E-state index in [4.69, 9.17) is 5.11 Å². The van der Waals surface area contributed by atoms with Gasteiger partial charge in [0, 0.05) is 24.0 Å². The molecule has 5 heteroatoms. The molecule has 0 radical (unpaired) electrons. The van der Waals surface area contributed by atoms with Crippen LogP contribution >= 0.6 is 0 Å². The molecular weight excluding hydrogens is 256 g/mol. The Balaban J connectivity index is 1.84. The lowest BCUT2D eigenvalue weighted by atomic mass is 9.99. The van der Waals surface area contributed by atoms with E-state index in [2.05, 4.69) is 4.98 Å². The second-order valence-electron chi connectivity index (χ2n) is 5.40. The predicted octanol–water partition coefficient (Wildman–Crippen LogP) is 1.96. The third-order valence-corrected chi connectivity index (χ3v) is 3.98. The van der Waals surface area contributed by atoms with E-state index < -0.39 is 11.9 Å². The van der Waals surface area contributed by atoms with Gasteiger partial charge < -0.3 is 15.0 Å². The Kier molecular flexibility index (Phi) is 2.97. The highest BCUT2D eigenvalue weighted by Gasteiger charge is 2.37.